The number of aromatic amines is 2. The van der Waals surface area contributed by atoms with Crippen LogP contribution in [0.15, 0.2) is 18.2 Å². The van der Waals surface area contributed by atoms with Gasteiger partial charge in [-0.3, -0.25) is 9.89 Å². The lowest BCUT2D eigenvalue weighted by atomic mass is 9.91. The predicted octanol–water partition coefficient (Wildman–Crippen LogP) is 3.80. The number of aryl methyl sites for hydroxylation is 2. The molecule has 2 aromatic heterocycles. The third-order valence-corrected chi connectivity index (χ3v) is 5.15. The van der Waals surface area contributed by atoms with Gasteiger partial charge in [-0.1, -0.05) is 13.0 Å². The van der Waals surface area contributed by atoms with E-state index in [1.807, 2.05) is 18.7 Å². The SMILES string of the molecule is CCC1CN(C(=O)c2cc(C)[nH]n2)Cc2c1[nH]c1c(F)ccc(C)c21. The van der Waals surface area contributed by atoms with E-state index in [0.717, 1.165) is 34.3 Å². The molecule has 5 nitrogen and oxygen atoms in total. The standard InChI is InChI=1S/C19H21FN4O/c1-4-12-8-24(19(25)15-7-11(3)22-23-15)9-13-16-10(2)5-6-14(20)18(16)21-17(12)13/h5-7,12,21H,4,8-9H2,1-3H3,(H,22,23). The van der Waals surface area contributed by atoms with Gasteiger partial charge in [-0.05, 0) is 38.0 Å². The monoisotopic (exact) mass is 340 g/mol. The van der Waals surface area contributed by atoms with E-state index in [-0.39, 0.29) is 17.6 Å². The average molecular weight is 340 g/mol. The molecule has 4 rings (SSSR count). The van der Waals surface area contributed by atoms with Gasteiger partial charge in [0.05, 0.1) is 5.52 Å². The Morgan fingerprint density at radius 1 is 1.40 bits per heavy atom. The molecule has 0 aliphatic carbocycles. The van der Waals surface area contributed by atoms with Crippen LogP contribution in [0.5, 0.6) is 0 Å². The topological polar surface area (TPSA) is 64.8 Å². The number of nitrogens with one attached hydrogen (secondary N) is 2. The zero-order valence-corrected chi connectivity index (χ0v) is 14.6. The Bertz CT molecular complexity index is 971. The molecular weight excluding hydrogens is 319 g/mol. The van der Waals surface area contributed by atoms with E-state index < -0.39 is 0 Å². The number of nitrogens with zero attached hydrogens (tertiary/aromatic N) is 2. The molecule has 0 saturated heterocycles. The molecule has 25 heavy (non-hydrogen) atoms. The molecule has 3 aromatic rings. The van der Waals surface area contributed by atoms with Gasteiger partial charge in [-0.25, -0.2) is 4.39 Å². The molecular formula is C19H21FN4O. The second-order valence-corrected chi connectivity index (χ2v) is 6.86. The highest BCUT2D eigenvalue weighted by atomic mass is 19.1. The Hall–Kier alpha value is -2.63. The van der Waals surface area contributed by atoms with Gasteiger partial charge in [0.15, 0.2) is 0 Å². The molecule has 0 fully saturated rings. The van der Waals surface area contributed by atoms with Crippen LogP contribution in [0.1, 0.15) is 52.3 Å². The first-order valence-electron chi connectivity index (χ1n) is 8.60. The number of benzene rings is 1. The molecule has 0 saturated carbocycles. The molecule has 6 heteroatoms. The fourth-order valence-corrected chi connectivity index (χ4v) is 3.84. The highest BCUT2D eigenvalue weighted by molar-refractivity contribution is 5.94. The summed E-state index contributed by atoms with van der Waals surface area (Å²) in [7, 11) is 0. The fourth-order valence-electron chi connectivity index (χ4n) is 3.84. The highest BCUT2D eigenvalue weighted by Crippen LogP contribution is 2.37. The first-order valence-corrected chi connectivity index (χ1v) is 8.60. The summed E-state index contributed by atoms with van der Waals surface area (Å²) in [5.41, 5.74) is 4.96. The van der Waals surface area contributed by atoms with Crippen LogP contribution in [-0.4, -0.2) is 32.5 Å². The number of H-pyrrole nitrogens is 2. The van der Waals surface area contributed by atoms with Crippen LogP contribution in [0.4, 0.5) is 4.39 Å². The first kappa shape index (κ1) is 15.9. The number of carbonyl (C=O) groups is 1. The summed E-state index contributed by atoms with van der Waals surface area (Å²) in [6.07, 6.45) is 0.879. The molecule has 1 atom stereocenters. The van der Waals surface area contributed by atoms with Crippen LogP contribution < -0.4 is 0 Å². The van der Waals surface area contributed by atoms with Crippen molar-refractivity contribution in [3.8, 4) is 0 Å². The summed E-state index contributed by atoms with van der Waals surface area (Å²) in [6.45, 7) is 7.03. The molecule has 1 aromatic carbocycles. The van der Waals surface area contributed by atoms with Gasteiger partial charge in [-0.2, -0.15) is 5.10 Å². The smallest absolute Gasteiger partial charge is 0.274 e. The van der Waals surface area contributed by atoms with E-state index in [1.165, 1.54) is 6.07 Å². The van der Waals surface area contributed by atoms with E-state index in [0.29, 0.717) is 24.3 Å². The van der Waals surface area contributed by atoms with Gasteiger partial charge in [0.25, 0.3) is 5.91 Å². The predicted molar refractivity (Wildman–Crippen MR) is 94.1 cm³/mol. The van der Waals surface area contributed by atoms with Gasteiger partial charge < -0.3 is 9.88 Å². The molecule has 0 radical (unpaired) electrons. The molecule has 130 valence electrons. The Kier molecular flexibility index (Phi) is 3.63. The Morgan fingerprint density at radius 3 is 2.88 bits per heavy atom. The van der Waals surface area contributed by atoms with Crippen molar-refractivity contribution in [2.75, 3.05) is 6.54 Å². The number of hydrogen-bond acceptors (Lipinski definition) is 2. The van der Waals surface area contributed by atoms with Crippen molar-refractivity contribution in [3.63, 3.8) is 0 Å². The molecule has 1 aliphatic heterocycles. The van der Waals surface area contributed by atoms with Gasteiger partial charge >= 0.3 is 0 Å². The largest absolute Gasteiger partial charge is 0.355 e. The van der Waals surface area contributed by atoms with Crippen LogP contribution in [-0.2, 0) is 6.54 Å². The zero-order chi connectivity index (χ0) is 17.7. The van der Waals surface area contributed by atoms with Gasteiger partial charge in [0.2, 0.25) is 0 Å². The zero-order valence-electron chi connectivity index (χ0n) is 14.6. The summed E-state index contributed by atoms with van der Waals surface area (Å²) in [5, 5.41) is 7.82. The second-order valence-electron chi connectivity index (χ2n) is 6.86. The van der Waals surface area contributed by atoms with Crippen LogP contribution in [0, 0.1) is 19.7 Å². The second kappa shape index (κ2) is 5.72. The van der Waals surface area contributed by atoms with Gasteiger partial charge in [-0.15, -0.1) is 0 Å². The van der Waals surface area contributed by atoms with Crippen molar-refractivity contribution >= 4 is 16.8 Å². The summed E-state index contributed by atoms with van der Waals surface area (Å²) in [6, 6.07) is 5.06. The third kappa shape index (κ3) is 2.44. The van der Waals surface area contributed by atoms with Crippen LogP contribution >= 0.6 is 0 Å². The first-order chi connectivity index (χ1) is 12.0. The van der Waals surface area contributed by atoms with E-state index >= 15 is 0 Å². The maximum Gasteiger partial charge on any atom is 0.274 e. The molecule has 1 aliphatic rings. The Morgan fingerprint density at radius 2 is 2.20 bits per heavy atom. The molecule has 0 bridgehead atoms. The Balaban J connectivity index is 1.81. The minimum Gasteiger partial charge on any atom is -0.355 e. The fraction of sp³-hybridized carbons (Fsp3) is 0.368. The molecule has 0 spiro atoms. The van der Waals surface area contributed by atoms with Crippen molar-refractivity contribution in [1.29, 1.82) is 0 Å². The molecule has 1 unspecified atom stereocenters. The maximum absolute atomic E-state index is 14.3. The Labute approximate surface area is 145 Å². The van der Waals surface area contributed by atoms with E-state index in [1.54, 1.807) is 12.1 Å². The minimum atomic E-state index is -0.245. The van der Waals surface area contributed by atoms with Crippen molar-refractivity contribution in [1.82, 2.24) is 20.1 Å². The van der Waals surface area contributed by atoms with Gasteiger partial charge in [0.1, 0.15) is 11.5 Å². The van der Waals surface area contributed by atoms with Crippen molar-refractivity contribution in [2.24, 2.45) is 0 Å². The van der Waals surface area contributed by atoms with Crippen LogP contribution in [0.25, 0.3) is 10.9 Å². The lowest BCUT2D eigenvalue weighted by Crippen LogP contribution is -2.38. The van der Waals surface area contributed by atoms with E-state index in [4.69, 9.17) is 0 Å². The van der Waals surface area contributed by atoms with Gasteiger partial charge in [0, 0.05) is 41.3 Å². The highest BCUT2D eigenvalue weighted by Gasteiger charge is 2.32. The van der Waals surface area contributed by atoms with Crippen LogP contribution in [0.2, 0.25) is 0 Å². The van der Waals surface area contributed by atoms with Crippen molar-refractivity contribution in [3.05, 3.63) is 52.2 Å². The van der Waals surface area contributed by atoms with Crippen molar-refractivity contribution in [2.45, 2.75) is 39.7 Å². The quantitative estimate of drug-likeness (QED) is 0.745. The number of amides is 1. The number of hydrogen-bond donors (Lipinski definition) is 2. The summed E-state index contributed by atoms with van der Waals surface area (Å²) < 4.78 is 14.3. The average Bonchev–Trinajstić information content (AvgIpc) is 3.21. The van der Waals surface area contributed by atoms with Crippen LogP contribution in [0.3, 0.4) is 0 Å². The molecule has 3 heterocycles. The number of halogens is 1. The summed E-state index contributed by atoms with van der Waals surface area (Å²) >= 11 is 0. The lowest BCUT2D eigenvalue weighted by molar-refractivity contribution is 0.0710. The summed E-state index contributed by atoms with van der Waals surface area (Å²) in [5.74, 6) is -0.165. The summed E-state index contributed by atoms with van der Waals surface area (Å²) in [4.78, 5) is 18.0. The third-order valence-electron chi connectivity index (χ3n) is 5.15. The number of fused-ring (bicyclic) bond motifs is 3. The van der Waals surface area contributed by atoms with Crippen molar-refractivity contribution < 1.29 is 9.18 Å². The molecule has 2 N–H and O–H groups in total. The molecule has 1 amide bonds. The number of carbonyl (C=O) groups excluding carboxylic acids is 1. The number of rotatable bonds is 2. The maximum atomic E-state index is 14.3. The minimum absolute atomic E-state index is 0.0862. The number of aromatic nitrogens is 3. The lowest BCUT2D eigenvalue weighted by Gasteiger charge is -2.32. The van der Waals surface area contributed by atoms with E-state index in [9.17, 15) is 9.18 Å². The normalized spacial score (nSPS) is 17.1. The van der Waals surface area contributed by atoms with E-state index in [2.05, 4.69) is 22.1 Å².